The lowest BCUT2D eigenvalue weighted by Gasteiger charge is -2.40. The Labute approximate surface area is 176 Å². The van der Waals surface area contributed by atoms with Gasteiger partial charge in [-0.05, 0) is 37.3 Å². The Morgan fingerprint density at radius 2 is 1.70 bits per heavy atom. The third-order valence-electron chi connectivity index (χ3n) is 6.00. The molecule has 1 amide bonds. The Hall–Kier alpha value is -1.87. The second-order valence-corrected chi connectivity index (χ2v) is 15.2. The number of anilines is 1. The normalized spacial score (nSPS) is 23.8. The van der Waals surface area contributed by atoms with Gasteiger partial charge in [-0.15, -0.1) is 13.2 Å². The Balaban J connectivity index is 2.31. The number of halogens is 3. The third-order valence-corrected chi connectivity index (χ3v) is 7.01. The van der Waals surface area contributed by atoms with Crippen molar-refractivity contribution in [2.45, 2.75) is 59.6 Å². The number of para-hydroxylation sites is 1. The van der Waals surface area contributed by atoms with Crippen molar-refractivity contribution in [3.63, 3.8) is 0 Å². The molecule has 0 bridgehead atoms. The Morgan fingerprint density at radius 3 is 2.20 bits per heavy atom. The highest BCUT2D eigenvalue weighted by Crippen LogP contribution is 2.57. The minimum absolute atomic E-state index is 0.0227. The summed E-state index contributed by atoms with van der Waals surface area (Å²) in [5, 5.41) is 0.297. The van der Waals surface area contributed by atoms with Gasteiger partial charge in [0.1, 0.15) is 0 Å². The molecule has 9 heteroatoms. The predicted molar refractivity (Wildman–Crippen MR) is 110 cm³/mol. The molecule has 0 spiro atoms. The van der Waals surface area contributed by atoms with E-state index in [1.807, 2.05) is 0 Å². The molecule has 5 nitrogen and oxygen atoms in total. The summed E-state index contributed by atoms with van der Waals surface area (Å²) in [5.74, 6) is -2.08. The van der Waals surface area contributed by atoms with Gasteiger partial charge < -0.3 is 4.74 Å². The molecule has 2 rings (SSSR count). The van der Waals surface area contributed by atoms with E-state index in [4.69, 9.17) is 4.74 Å². The van der Waals surface area contributed by atoms with Crippen molar-refractivity contribution in [2.75, 3.05) is 11.3 Å². The molecular formula is C21H30F3NO4Si. The quantitative estimate of drug-likeness (QED) is 0.337. The van der Waals surface area contributed by atoms with Crippen LogP contribution in [0.25, 0.3) is 0 Å². The maximum Gasteiger partial charge on any atom is 0.544 e. The summed E-state index contributed by atoms with van der Waals surface area (Å²) < 4.78 is 44.7. The molecule has 1 fully saturated rings. The zero-order valence-electron chi connectivity index (χ0n) is 18.3. The maximum absolute atomic E-state index is 13.2. The lowest BCUT2D eigenvalue weighted by atomic mass is 9.65. The first-order valence-electron chi connectivity index (χ1n) is 9.91. The largest absolute Gasteiger partial charge is 0.544 e. The van der Waals surface area contributed by atoms with Crippen molar-refractivity contribution >= 4 is 25.6 Å². The van der Waals surface area contributed by atoms with Gasteiger partial charge in [0.15, 0.2) is 0 Å². The molecule has 0 aromatic heterocycles. The van der Waals surface area contributed by atoms with Gasteiger partial charge in [-0.3, -0.25) is 9.59 Å². The van der Waals surface area contributed by atoms with Crippen LogP contribution in [-0.4, -0.2) is 32.5 Å². The Kier molecular flexibility index (Phi) is 6.78. The molecule has 0 aliphatic heterocycles. The van der Waals surface area contributed by atoms with Crippen LogP contribution in [0.3, 0.4) is 0 Å². The smallest absolute Gasteiger partial charge is 0.469 e. The number of benzene rings is 1. The number of carbonyl (C=O) groups is 2. The number of ether oxygens (including phenoxy) is 1. The molecule has 1 aromatic carbocycles. The standard InChI is InChI=1S/C21H30F3NO4Si/c1-19(2)16(12-13-20(19,3)18(27)28-14-30(4,5)6)17(26)25(29-21(22,23)24)15-10-8-7-9-11-15/h7-11,16H,12-14H2,1-6H3. The van der Waals surface area contributed by atoms with Gasteiger partial charge in [0.05, 0.1) is 25.4 Å². The second-order valence-electron chi connectivity index (χ2n) is 9.79. The molecule has 1 aliphatic rings. The number of alkyl halides is 3. The van der Waals surface area contributed by atoms with E-state index in [0.29, 0.717) is 17.7 Å². The SMILES string of the molecule is CC1(C(=O)OC[Si](C)(C)C)CCC(C(=O)N(OC(F)(F)F)c2ccccc2)C1(C)C. The van der Waals surface area contributed by atoms with E-state index in [1.54, 1.807) is 26.8 Å². The average Bonchev–Trinajstić information content (AvgIpc) is 2.87. The van der Waals surface area contributed by atoms with Crippen LogP contribution in [0, 0.1) is 16.7 Å². The van der Waals surface area contributed by atoms with Crippen molar-refractivity contribution in [1.82, 2.24) is 0 Å². The van der Waals surface area contributed by atoms with Gasteiger partial charge in [0.2, 0.25) is 0 Å². The van der Waals surface area contributed by atoms with Gasteiger partial charge in [0, 0.05) is 5.92 Å². The van der Waals surface area contributed by atoms with Gasteiger partial charge in [-0.1, -0.05) is 51.7 Å². The first-order chi connectivity index (χ1) is 13.6. The highest BCUT2D eigenvalue weighted by atomic mass is 28.3. The minimum atomic E-state index is -5.03. The van der Waals surface area contributed by atoms with Crippen LogP contribution in [0.2, 0.25) is 19.6 Å². The highest BCUT2D eigenvalue weighted by molar-refractivity contribution is 6.76. The molecule has 2 unspecified atom stereocenters. The Bertz CT molecular complexity index is 777. The number of carbonyl (C=O) groups excluding carboxylic acids is 2. The van der Waals surface area contributed by atoms with Gasteiger partial charge >= 0.3 is 12.3 Å². The Morgan fingerprint density at radius 1 is 1.13 bits per heavy atom. The third kappa shape index (κ3) is 5.24. The van der Waals surface area contributed by atoms with E-state index < -0.39 is 43.1 Å². The average molecular weight is 446 g/mol. The zero-order chi connectivity index (χ0) is 23.0. The molecule has 0 heterocycles. The summed E-state index contributed by atoms with van der Waals surface area (Å²) in [4.78, 5) is 30.2. The van der Waals surface area contributed by atoms with Crippen molar-refractivity contribution in [3.8, 4) is 0 Å². The molecule has 0 saturated heterocycles. The van der Waals surface area contributed by atoms with E-state index in [9.17, 15) is 22.8 Å². The molecule has 1 aliphatic carbocycles. The monoisotopic (exact) mass is 445 g/mol. The van der Waals surface area contributed by atoms with Crippen LogP contribution in [0.4, 0.5) is 18.9 Å². The number of nitrogens with zero attached hydrogens (tertiary/aromatic N) is 1. The number of esters is 1. The maximum atomic E-state index is 13.2. The van der Waals surface area contributed by atoms with Crippen molar-refractivity contribution in [1.29, 1.82) is 0 Å². The van der Waals surface area contributed by atoms with E-state index in [1.165, 1.54) is 24.3 Å². The summed E-state index contributed by atoms with van der Waals surface area (Å²) in [6.45, 7) is 11.4. The number of hydroxylamine groups is 1. The minimum Gasteiger partial charge on any atom is -0.469 e. The van der Waals surface area contributed by atoms with Crippen LogP contribution in [-0.2, 0) is 19.2 Å². The van der Waals surface area contributed by atoms with Crippen LogP contribution >= 0.6 is 0 Å². The van der Waals surface area contributed by atoms with Crippen LogP contribution < -0.4 is 5.06 Å². The highest BCUT2D eigenvalue weighted by Gasteiger charge is 2.60. The van der Waals surface area contributed by atoms with Crippen LogP contribution in [0.1, 0.15) is 33.6 Å². The number of amides is 1. The van der Waals surface area contributed by atoms with E-state index in [-0.39, 0.29) is 12.1 Å². The molecule has 1 saturated carbocycles. The number of hydrogen-bond donors (Lipinski definition) is 0. The lowest BCUT2D eigenvalue weighted by molar-refractivity contribution is -0.327. The number of rotatable bonds is 6. The first kappa shape index (κ1) is 24.4. The van der Waals surface area contributed by atoms with Crippen molar-refractivity contribution < 1.29 is 32.3 Å². The zero-order valence-corrected chi connectivity index (χ0v) is 19.3. The first-order valence-corrected chi connectivity index (χ1v) is 13.6. The molecule has 2 atom stereocenters. The summed E-state index contributed by atoms with van der Waals surface area (Å²) in [7, 11) is -1.64. The van der Waals surface area contributed by atoms with Gasteiger partial charge in [-0.2, -0.15) is 9.90 Å². The van der Waals surface area contributed by atoms with Crippen LogP contribution in [0.15, 0.2) is 30.3 Å². The topological polar surface area (TPSA) is 55.8 Å². The summed E-state index contributed by atoms with van der Waals surface area (Å²) in [5.41, 5.74) is -1.94. The van der Waals surface area contributed by atoms with Crippen molar-refractivity contribution in [3.05, 3.63) is 30.3 Å². The van der Waals surface area contributed by atoms with Gasteiger partial charge in [0.25, 0.3) is 5.91 Å². The molecule has 0 radical (unpaired) electrons. The fourth-order valence-corrected chi connectivity index (χ4v) is 4.34. The molecule has 168 valence electrons. The van der Waals surface area contributed by atoms with E-state index in [2.05, 4.69) is 24.5 Å². The summed E-state index contributed by atoms with van der Waals surface area (Å²) in [6, 6.07) is 7.41. The fourth-order valence-electron chi connectivity index (χ4n) is 3.77. The van der Waals surface area contributed by atoms with Crippen molar-refractivity contribution in [2.24, 2.45) is 16.7 Å². The molecule has 1 aromatic rings. The molecule has 30 heavy (non-hydrogen) atoms. The lowest BCUT2D eigenvalue weighted by Crippen LogP contribution is -2.49. The fraction of sp³-hybridized carbons (Fsp3) is 0.619. The summed E-state index contributed by atoms with van der Waals surface area (Å²) >= 11 is 0. The predicted octanol–water partition coefficient (Wildman–Crippen LogP) is 5.33. The number of hydrogen-bond acceptors (Lipinski definition) is 4. The summed E-state index contributed by atoms with van der Waals surface area (Å²) in [6.07, 6.45) is -4.08. The van der Waals surface area contributed by atoms with E-state index >= 15 is 0 Å². The van der Waals surface area contributed by atoms with Gasteiger partial charge in [-0.25, -0.2) is 0 Å². The second kappa shape index (κ2) is 8.34. The molecule has 0 N–H and O–H groups in total. The van der Waals surface area contributed by atoms with E-state index in [0.717, 1.165) is 0 Å². The van der Waals surface area contributed by atoms with Crippen LogP contribution in [0.5, 0.6) is 0 Å². The molecular weight excluding hydrogens is 415 g/mol.